The molecule has 0 radical (unpaired) electrons. The van der Waals surface area contributed by atoms with Crippen LogP contribution in [0, 0.1) is 10.1 Å². The monoisotopic (exact) mass is 637 g/mol. The van der Waals surface area contributed by atoms with Gasteiger partial charge in [-0.3, -0.25) is 0 Å². The zero-order chi connectivity index (χ0) is 28.4. The van der Waals surface area contributed by atoms with Crippen molar-refractivity contribution in [2.75, 3.05) is 0 Å². The van der Waals surface area contributed by atoms with Crippen molar-refractivity contribution in [2.24, 2.45) is 0 Å². The van der Waals surface area contributed by atoms with Gasteiger partial charge in [0.05, 0.1) is 0 Å². The Bertz CT molecular complexity index is 1600. The van der Waals surface area contributed by atoms with Crippen LogP contribution in [0.4, 0.5) is 5.69 Å². The van der Waals surface area contributed by atoms with E-state index in [0.29, 0.717) is 29.3 Å². The summed E-state index contributed by atoms with van der Waals surface area (Å²) >= 11 is 11.7. The van der Waals surface area contributed by atoms with E-state index in [9.17, 15) is 14.9 Å². The second-order valence-corrected chi connectivity index (χ2v) is 13.2. The summed E-state index contributed by atoms with van der Waals surface area (Å²) < 4.78 is 7.06. The van der Waals surface area contributed by atoms with E-state index >= 15 is 0 Å². The molecule has 5 rings (SSSR count). The summed E-state index contributed by atoms with van der Waals surface area (Å²) in [6.07, 6.45) is 1.64. The number of carbonyl (C=O) groups excluding carboxylic acids is 1. The van der Waals surface area contributed by atoms with Crippen LogP contribution in [0.15, 0.2) is 66.7 Å². The molecule has 0 aliphatic heterocycles. The summed E-state index contributed by atoms with van der Waals surface area (Å²) in [6.45, 7) is 4.11. The van der Waals surface area contributed by atoms with Gasteiger partial charge in [-0.05, 0) is 0 Å². The molecule has 10 heteroatoms. The van der Waals surface area contributed by atoms with Crippen molar-refractivity contribution in [1.29, 1.82) is 0 Å². The Kier molecular flexibility index (Phi) is 8.55. The number of aryl methyl sites for hydroxylation is 2. The van der Waals surface area contributed by atoms with E-state index < -0.39 is 26.6 Å². The van der Waals surface area contributed by atoms with Crippen molar-refractivity contribution in [3.63, 3.8) is 0 Å². The summed E-state index contributed by atoms with van der Waals surface area (Å²) in [4.78, 5) is 33.8. The quantitative estimate of drug-likeness (QED) is 0.101. The summed E-state index contributed by atoms with van der Waals surface area (Å²) in [5.74, 6) is -0.493. The predicted molar refractivity (Wildman–Crippen MR) is 158 cm³/mol. The molecule has 1 aliphatic carbocycles. The topological polar surface area (TPSA) is 95.2 Å². The number of hydrogen-bond donors (Lipinski definition) is 0. The average Bonchev–Trinajstić information content (AvgIpc) is 3.29. The molecule has 0 saturated carbocycles. The summed E-state index contributed by atoms with van der Waals surface area (Å²) in [7, 11) is 0. The number of nitro groups is 1. The summed E-state index contributed by atoms with van der Waals surface area (Å²) in [5, 5.41) is 12.1. The first-order valence-corrected chi connectivity index (χ1v) is 16.0. The van der Waals surface area contributed by atoms with Gasteiger partial charge >= 0.3 is 250 Å². The summed E-state index contributed by atoms with van der Waals surface area (Å²) in [5.41, 5.74) is 5.90. The van der Waals surface area contributed by atoms with Gasteiger partial charge in [-0.1, -0.05) is 0 Å². The Balaban J connectivity index is 1.47. The Labute approximate surface area is 248 Å². The van der Waals surface area contributed by atoms with Crippen LogP contribution >= 0.6 is 23.2 Å². The molecule has 1 unspecified atom stereocenters. The van der Waals surface area contributed by atoms with Gasteiger partial charge in [0.15, 0.2) is 0 Å². The summed E-state index contributed by atoms with van der Waals surface area (Å²) in [6, 6.07) is 19.1. The molecule has 204 valence electrons. The van der Waals surface area contributed by atoms with Gasteiger partial charge in [0, 0.05) is 0 Å². The van der Waals surface area contributed by atoms with Crippen molar-refractivity contribution in [3.05, 3.63) is 115 Å². The third-order valence-corrected chi connectivity index (χ3v) is 11.0. The van der Waals surface area contributed by atoms with Crippen molar-refractivity contribution < 1.29 is 14.5 Å². The molecule has 0 spiro atoms. The van der Waals surface area contributed by atoms with Crippen molar-refractivity contribution >= 4 is 55.1 Å². The number of benzene rings is 3. The fourth-order valence-electron chi connectivity index (χ4n) is 4.92. The number of nitrogens with zero attached hydrogens (tertiary/aromatic N) is 3. The number of halogens is 2. The van der Waals surface area contributed by atoms with Gasteiger partial charge in [-0.15, -0.1) is 0 Å². The molecule has 1 aliphatic rings. The molecule has 0 fully saturated rings. The number of non-ortho nitro benzene ring substituents is 1. The number of rotatable bonds is 8. The molecular formula is C30H26AsCl2N3O4. The van der Waals surface area contributed by atoms with E-state index in [2.05, 4.69) is 19.1 Å². The Morgan fingerprint density at radius 2 is 1.75 bits per heavy atom. The van der Waals surface area contributed by atoms with E-state index in [-0.39, 0.29) is 22.1 Å². The van der Waals surface area contributed by atoms with Crippen molar-refractivity contribution in [1.82, 2.24) is 9.97 Å². The molecule has 3 atom stereocenters. The third-order valence-electron chi connectivity index (χ3n) is 6.94. The third kappa shape index (κ3) is 5.78. The van der Waals surface area contributed by atoms with E-state index in [0.717, 1.165) is 32.7 Å². The van der Waals surface area contributed by atoms with Crippen LogP contribution in [0.5, 0.6) is 0 Å². The molecule has 0 bridgehead atoms. The molecule has 1 heterocycles. The molecule has 0 amide bonds. The maximum atomic E-state index is 13.1. The standard InChI is InChI=1S/C30H26AsCl2N3O4/c1-3-24-28(22-14-11-19(32)16-23(22)33)34-25(4-2)29(35-24)31-27-21-8-6-5-7-18(21)15-26(27)40-30(37)17-9-12-20(13-10-17)36(38)39/h5-14,16,26-27,31H,3-4,15H2,1-2H3/t26-,27+/m0/s1. The van der Waals surface area contributed by atoms with Gasteiger partial charge in [0.2, 0.25) is 0 Å². The number of hydrogen-bond acceptors (Lipinski definition) is 6. The number of aromatic nitrogens is 2. The van der Waals surface area contributed by atoms with Gasteiger partial charge in [-0.2, -0.15) is 0 Å². The van der Waals surface area contributed by atoms with E-state index in [4.69, 9.17) is 37.9 Å². The Morgan fingerprint density at radius 3 is 2.42 bits per heavy atom. The van der Waals surface area contributed by atoms with Crippen LogP contribution in [-0.2, 0) is 24.0 Å². The molecular weight excluding hydrogens is 612 g/mol. The van der Waals surface area contributed by atoms with Gasteiger partial charge < -0.3 is 0 Å². The fourth-order valence-corrected chi connectivity index (χ4v) is 8.99. The fraction of sp³-hybridized carbons (Fsp3) is 0.233. The molecule has 0 saturated heterocycles. The first-order chi connectivity index (χ1) is 19.3. The number of esters is 1. The first-order valence-electron chi connectivity index (χ1n) is 12.9. The molecule has 1 aromatic heterocycles. The van der Waals surface area contributed by atoms with Crippen molar-refractivity contribution in [2.45, 2.75) is 43.9 Å². The molecule has 3 aromatic carbocycles. The van der Waals surface area contributed by atoms with E-state index in [1.807, 2.05) is 25.1 Å². The van der Waals surface area contributed by atoms with Gasteiger partial charge in [0.25, 0.3) is 0 Å². The molecule has 4 aromatic rings. The molecule has 7 nitrogen and oxygen atoms in total. The predicted octanol–water partition coefficient (Wildman–Crippen LogP) is 6.07. The maximum absolute atomic E-state index is 13.1. The molecule has 0 N–H and O–H groups in total. The van der Waals surface area contributed by atoms with Gasteiger partial charge in [-0.25, -0.2) is 0 Å². The number of carbonyl (C=O) groups is 1. The van der Waals surface area contributed by atoms with Crippen LogP contribution in [0.3, 0.4) is 0 Å². The second kappa shape index (κ2) is 12.1. The molecule has 40 heavy (non-hydrogen) atoms. The zero-order valence-electron chi connectivity index (χ0n) is 21.9. The minimum absolute atomic E-state index is 0.00692. The second-order valence-electron chi connectivity index (χ2n) is 9.42. The van der Waals surface area contributed by atoms with Crippen LogP contribution in [0.25, 0.3) is 11.3 Å². The number of nitro benzene ring substituents is 1. The minimum atomic E-state index is -0.942. The normalized spacial score (nSPS) is 16.3. The number of ether oxygens (including phenoxy) is 1. The Morgan fingerprint density at radius 1 is 1.02 bits per heavy atom. The first kappa shape index (κ1) is 28.3. The van der Waals surface area contributed by atoms with Crippen molar-refractivity contribution in [3.8, 4) is 11.3 Å². The Hall–Kier alpha value is -3.25. The van der Waals surface area contributed by atoms with Gasteiger partial charge in [0.1, 0.15) is 0 Å². The SMILES string of the molecule is CCc1nc(-c2ccc(Cl)cc2Cl)c(CC)nc1[AsH][C@@H]1c2ccccc2C[C@@H]1OC(=O)c1ccc([N+](=O)[O-])cc1. The van der Waals surface area contributed by atoms with E-state index in [1.54, 1.807) is 12.1 Å². The van der Waals surface area contributed by atoms with Crippen LogP contribution in [-0.4, -0.2) is 42.7 Å². The average molecular weight is 638 g/mol. The van der Waals surface area contributed by atoms with E-state index in [1.165, 1.54) is 29.8 Å². The van der Waals surface area contributed by atoms with Crippen LogP contribution < -0.4 is 4.48 Å². The number of fused-ring (bicyclic) bond motifs is 1. The van der Waals surface area contributed by atoms with Crippen LogP contribution in [0.1, 0.15) is 51.4 Å². The zero-order valence-corrected chi connectivity index (χ0v) is 25.5. The van der Waals surface area contributed by atoms with Crippen LogP contribution in [0.2, 0.25) is 10.0 Å².